The minimum absolute atomic E-state index is 0.305. The smallest absolute Gasteiger partial charge is 0.336 e. The zero-order valence-corrected chi connectivity index (χ0v) is 11.4. The molecule has 0 atom stereocenters. The lowest BCUT2D eigenvalue weighted by Crippen LogP contribution is -2.37. The molecular formula is C15H17NO3. The molecule has 0 aliphatic carbocycles. The topological polar surface area (TPSA) is 42.7 Å². The first-order valence-corrected chi connectivity index (χ1v) is 6.49. The van der Waals surface area contributed by atoms with Gasteiger partial charge in [0.05, 0.1) is 5.56 Å². The summed E-state index contributed by atoms with van der Waals surface area (Å²) in [5.74, 6) is 0.818. The van der Waals surface area contributed by atoms with Crippen molar-refractivity contribution in [3.05, 3.63) is 39.7 Å². The van der Waals surface area contributed by atoms with Gasteiger partial charge in [-0.3, -0.25) is 4.90 Å². The highest BCUT2D eigenvalue weighted by atomic mass is 16.5. The second kappa shape index (κ2) is 4.38. The molecule has 1 aromatic carbocycles. The minimum Gasteiger partial charge on any atom is -0.478 e. The fourth-order valence-corrected chi connectivity index (χ4v) is 2.44. The van der Waals surface area contributed by atoms with Crippen LogP contribution in [0.1, 0.15) is 25.0 Å². The van der Waals surface area contributed by atoms with Crippen molar-refractivity contribution in [1.29, 1.82) is 0 Å². The lowest BCUT2D eigenvalue weighted by molar-refractivity contribution is 0.0689. The van der Waals surface area contributed by atoms with Gasteiger partial charge in [-0.05, 0) is 38.5 Å². The van der Waals surface area contributed by atoms with Crippen molar-refractivity contribution in [2.24, 2.45) is 0 Å². The summed E-state index contributed by atoms with van der Waals surface area (Å²) in [4.78, 5) is 13.8. The normalized spacial score (nSPS) is 15.6. The van der Waals surface area contributed by atoms with Crippen LogP contribution in [0, 0.1) is 6.92 Å². The van der Waals surface area contributed by atoms with Crippen LogP contribution in [0.4, 0.5) is 0 Å². The Morgan fingerprint density at radius 2 is 2.11 bits per heavy atom. The van der Waals surface area contributed by atoms with Crippen LogP contribution < -0.4 is 10.4 Å². The molecule has 100 valence electrons. The van der Waals surface area contributed by atoms with E-state index < -0.39 is 0 Å². The van der Waals surface area contributed by atoms with Gasteiger partial charge < -0.3 is 9.15 Å². The fraction of sp³-hybridized carbons (Fsp3) is 0.400. The fourth-order valence-electron chi connectivity index (χ4n) is 2.44. The van der Waals surface area contributed by atoms with Gasteiger partial charge in [0.2, 0.25) is 0 Å². The van der Waals surface area contributed by atoms with Gasteiger partial charge in [-0.25, -0.2) is 4.79 Å². The number of hydrogen-bond donors (Lipinski definition) is 0. The van der Waals surface area contributed by atoms with Gasteiger partial charge in [-0.2, -0.15) is 0 Å². The molecule has 0 unspecified atom stereocenters. The van der Waals surface area contributed by atoms with Gasteiger partial charge in [-0.15, -0.1) is 0 Å². The Kier molecular flexibility index (Phi) is 2.82. The first-order valence-electron chi connectivity index (χ1n) is 6.49. The highest BCUT2D eigenvalue weighted by Crippen LogP contribution is 2.33. The molecule has 4 heteroatoms. The number of ether oxygens (including phenoxy) is 1. The van der Waals surface area contributed by atoms with E-state index in [-0.39, 0.29) is 5.63 Å². The highest BCUT2D eigenvalue weighted by Gasteiger charge is 2.23. The summed E-state index contributed by atoms with van der Waals surface area (Å²) in [7, 11) is 0. The summed E-state index contributed by atoms with van der Waals surface area (Å²) in [6, 6.07) is 5.83. The van der Waals surface area contributed by atoms with E-state index in [1.807, 2.05) is 19.1 Å². The third kappa shape index (κ3) is 2.02. The summed E-state index contributed by atoms with van der Waals surface area (Å²) >= 11 is 0. The molecule has 2 heterocycles. The molecule has 1 aromatic heterocycles. The van der Waals surface area contributed by atoms with Crippen molar-refractivity contribution in [2.75, 3.05) is 6.73 Å². The van der Waals surface area contributed by atoms with Crippen molar-refractivity contribution in [1.82, 2.24) is 4.90 Å². The van der Waals surface area contributed by atoms with E-state index in [4.69, 9.17) is 9.15 Å². The Morgan fingerprint density at radius 1 is 1.32 bits per heavy atom. The SMILES string of the molecule is Cc1cc(=O)oc2c3c(ccc12)OCN(C(C)C)C3. The molecule has 0 fully saturated rings. The van der Waals surface area contributed by atoms with Gasteiger partial charge in [0, 0.05) is 24.0 Å². The zero-order valence-electron chi connectivity index (χ0n) is 11.4. The monoisotopic (exact) mass is 259 g/mol. The standard InChI is InChI=1S/C15H17NO3/c1-9(2)16-7-12-13(18-8-16)5-4-11-10(3)6-14(17)19-15(11)12/h4-6,9H,7-8H2,1-3H3. The molecule has 0 bridgehead atoms. The predicted molar refractivity (Wildman–Crippen MR) is 73.4 cm³/mol. The number of hydrogen-bond acceptors (Lipinski definition) is 4. The van der Waals surface area contributed by atoms with E-state index in [0.717, 1.165) is 28.8 Å². The van der Waals surface area contributed by atoms with Crippen LogP contribution in [-0.2, 0) is 6.54 Å². The number of rotatable bonds is 1. The van der Waals surface area contributed by atoms with E-state index in [1.165, 1.54) is 6.07 Å². The van der Waals surface area contributed by atoms with Crippen LogP contribution in [0.25, 0.3) is 11.0 Å². The van der Waals surface area contributed by atoms with Crippen LogP contribution in [0.3, 0.4) is 0 Å². The Balaban J connectivity index is 2.22. The summed E-state index contributed by atoms with van der Waals surface area (Å²) < 4.78 is 11.2. The lowest BCUT2D eigenvalue weighted by Gasteiger charge is -2.32. The Labute approximate surface area is 111 Å². The molecule has 1 aliphatic heterocycles. The maximum Gasteiger partial charge on any atom is 0.336 e. The molecule has 0 saturated carbocycles. The maximum absolute atomic E-state index is 11.6. The van der Waals surface area contributed by atoms with Crippen LogP contribution in [0.15, 0.2) is 27.4 Å². The lowest BCUT2D eigenvalue weighted by atomic mass is 10.0. The summed E-state index contributed by atoms with van der Waals surface area (Å²) in [5, 5.41) is 0.979. The second-order valence-electron chi connectivity index (χ2n) is 5.28. The average molecular weight is 259 g/mol. The van der Waals surface area contributed by atoms with E-state index in [9.17, 15) is 4.79 Å². The van der Waals surface area contributed by atoms with Gasteiger partial charge >= 0.3 is 5.63 Å². The Hall–Kier alpha value is -1.81. The summed E-state index contributed by atoms with van der Waals surface area (Å²) in [5.41, 5.74) is 2.27. The van der Waals surface area contributed by atoms with E-state index >= 15 is 0 Å². The molecule has 0 saturated heterocycles. The number of nitrogens with zero attached hydrogens (tertiary/aromatic N) is 1. The van der Waals surface area contributed by atoms with Crippen LogP contribution in [-0.4, -0.2) is 17.7 Å². The first-order chi connectivity index (χ1) is 9.06. The van der Waals surface area contributed by atoms with Crippen molar-refractivity contribution < 1.29 is 9.15 Å². The zero-order chi connectivity index (χ0) is 13.6. The molecule has 19 heavy (non-hydrogen) atoms. The molecule has 2 aromatic rings. The summed E-state index contributed by atoms with van der Waals surface area (Å²) in [6.07, 6.45) is 0. The first kappa shape index (κ1) is 12.2. The quantitative estimate of drug-likeness (QED) is 0.738. The molecule has 0 spiro atoms. The molecule has 3 rings (SSSR count). The van der Waals surface area contributed by atoms with Crippen LogP contribution >= 0.6 is 0 Å². The van der Waals surface area contributed by atoms with Gasteiger partial charge in [0.15, 0.2) is 0 Å². The number of fused-ring (bicyclic) bond motifs is 3. The molecule has 0 amide bonds. The number of aryl methyl sites for hydroxylation is 1. The minimum atomic E-state index is -0.305. The van der Waals surface area contributed by atoms with Crippen molar-refractivity contribution in [2.45, 2.75) is 33.4 Å². The van der Waals surface area contributed by atoms with Gasteiger partial charge in [-0.1, -0.05) is 0 Å². The van der Waals surface area contributed by atoms with E-state index in [2.05, 4.69) is 18.7 Å². The second-order valence-corrected chi connectivity index (χ2v) is 5.28. The number of benzene rings is 1. The third-order valence-corrected chi connectivity index (χ3v) is 3.66. The highest BCUT2D eigenvalue weighted by molar-refractivity contribution is 5.85. The summed E-state index contributed by atoms with van der Waals surface area (Å²) in [6.45, 7) is 7.50. The largest absolute Gasteiger partial charge is 0.478 e. The molecule has 1 aliphatic rings. The average Bonchev–Trinajstić information content (AvgIpc) is 2.37. The van der Waals surface area contributed by atoms with Crippen LogP contribution in [0.5, 0.6) is 5.75 Å². The van der Waals surface area contributed by atoms with E-state index in [1.54, 1.807) is 0 Å². The van der Waals surface area contributed by atoms with Crippen molar-refractivity contribution in [3.63, 3.8) is 0 Å². The van der Waals surface area contributed by atoms with Gasteiger partial charge in [0.1, 0.15) is 18.1 Å². The Bertz CT molecular complexity index is 688. The van der Waals surface area contributed by atoms with E-state index in [0.29, 0.717) is 18.4 Å². The predicted octanol–water partition coefficient (Wildman–Crippen LogP) is 2.66. The molecule has 0 radical (unpaired) electrons. The van der Waals surface area contributed by atoms with Gasteiger partial charge in [0.25, 0.3) is 0 Å². The Morgan fingerprint density at radius 3 is 2.84 bits per heavy atom. The van der Waals surface area contributed by atoms with Crippen molar-refractivity contribution in [3.8, 4) is 5.75 Å². The molecule has 0 N–H and O–H groups in total. The molecule has 4 nitrogen and oxygen atoms in total. The van der Waals surface area contributed by atoms with Crippen molar-refractivity contribution >= 4 is 11.0 Å². The molecular weight excluding hydrogens is 242 g/mol. The third-order valence-electron chi connectivity index (χ3n) is 3.66. The van der Waals surface area contributed by atoms with Crippen LogP contribution in [0.2, 0.25) is 0 Å². The maximum atomic E-state index is 11.6.